The van der Waals surface area contributed by atoms with Crippen LogP contribution in [0.25, 0.3) is 0 Å². The molecule has 1 saturated heterocycles. The lowest BCUT2D eigenvalue weighted by atomic mass is 9.98. The number of benzene rings is 1. The lowest BCUT2D eigenvalue weighted by molar-refractivity contribution is 0.128. The van der Waals surface area contributed by atoms with Crippen LogP contribution in [-0.4, -0.2) is 29.1 Å². The summed E-state index contributed by atoms with van der Waals surface area (Å²) in [5.41, 5.74) is 1.06. The number of hydrogen-bond donors (Lipinski definition) is 0. The Hall–Kier alpha value is -2.08. The number of methoxy groups -OCH3 is 1. The Morgan fingerprint density at radius 2 is 2.08 bits per heavy atom. The van der Waals surface area contributed by atoms with Crippen LogP contribution in [0, 0.1) is 5.92 Å². The number of carbonyl (C=O) groups excluding carboxylic acids is 1. The smallest absolute Gasteiger partial charge is 0.411 e. The van der Waals surface area contributed by atoms with Crippen LogP contribution in [0.3, 0.4) is 0 Å². The first-order valence-electron chi connectivity index (χ1n) is 8.08. The fraction of sp³-hybridized carbons (Fsp3) is 0.444. The first-order chi connectivity index (χ1) is 11.6. The molecule has 1 fully saturated rings. The molecule has 2 atom stereocenters. The first-order valence-corrected chi connectivity index (χ1v) is 8.96. The Morgan fingerprint density at radius 3 is 2.67 bits per heavy atom. The number of cyclic esters (lactones) is 1. The Morgan fingerprint density at radius 1 is 1.33 bits per heavy atom. The molecule has 1 aromatic carbocycles. The predicted octanol–water partition coefficient (Wildman–Crippen LogP) is 4.26. The van der Waals surface area contributed by atoms with Gasteiger partial charge in [-0.05, 0) is 30.0 Å². The largest absolute Gasteiger partial charge is 0.497 e. The Labute approximate surface area is 146 Å². The van der Waals surface area contributed by atoms with E-state index in [1.165, 1.54) is 11.3 Å². The Bertz CT molecular complexity index is 670. The van der Waals surface area contributed by atoms with E-state index in [1.54, 1.807) is 13.3 Å². The minimum absolute atomic E-state index is 0.00533. The van der Waals surface area contributed by atoms with Crippen molar-refractivity contribution < 1.29 is 14.3 Å². The van der Waals surface area contributed by atoms with Gasteiger partial charge in [-0.2, -0.15) is 0 Å². The molecule has 24 heavy (non-hydrogen) atoms. The van der Waals surface area contributed by atoms with Crippen molar-refractivity contribution >= 4 is 17.4 Å². The van der Waals surface area contributed by atoms with Crippen LogP contribution in [0.2, 0.25) is 0 Å². The molecule has 0 N–H and O–H groups in total. The van der Waals surface area contributed by atoms with Crippen molar-refractivity contribution in [3.63, 3.8) is 0 Å². The molecule has 1 amide bonds. The predicted molar refractivity (Wildman–Crippen MR) is 93.1 cm³/mol. The molecule has 6 heteroatoms. The van der Waals surface area contributed by atoms with Crippen molar-refractivity contribution in [2.24, 2.45) is 5.92 Å². The summed E-state index contributed by atoms with van der Waals surface area (Å²) in [6.45, 7) is 4.85. The van der Waals surface area contributed by atoms with Crippen LogP contribution >= 0.6 is 11.3 Å². The maximum absolute atomic E-state index is 12.5. The van der Waals surface area contributed by atoms with Gasteiger partial charge >= 0.3 is 6.09 Å². The fourth-order valence-electron chi connectivity index (χ4n) is 2.99. The van der Waals surface area contributed by atoms with Crippen LogP contribution in [0.5, 0.6) is 5.75 Å². The van der Waals surface area contributed by atoms with Crippen LogP contribution in [0.15, 0.2) is 35.8 Å². The first kappa shape index (κ1) is 16.8. The second kappa shape index (κ2) is 7.21. The third kappa shape index (κ3) is 3.53. The summed E-state index contributed by atoms with van der Waals surface area (Å²) in [4.78, 5) is 18.6. The van der Waals surface area contributed by atoms with Gasteiger partial charge in [0.25, 0.3) is 0 Å². The summed E-state index contributed by atoms with van der Waals surface area (Å²) in [5, 5.41) is 2.79. The molecule has 2 heterocycles. The van der Waals surface area contributed by atoms with E-state index in [9.17, 15) is 4.79 Å². The number of aromatic nitrogens is 1. The van der Waals surface area contributed by atoms with Crippen LogP contribution < -0.4 is 4.74 Å². The fourth-order valence-corrected chi connectivity index (χ4v) is 3.71. The molecule has 1 aromatic heterocycles. The Balaban J connectivity index is 1.82. The SMILES string of the molecule is COc1ccc(CN2C(=O)O[C@H](c3nccs3)[C@@H]2CC(C)C)cc1. The van der Waals surface area contributed by atoms with E-state index in [4.69, 9.17) is 9.47 Å². The summed E-state index contributed by atoms with van der Waals surface area (Å²) in [5.74, 6) is 1.27. The molecule has 0 unspecified atom stereocenters. The summed E-state index contributed by atoms with van der Waals surface area (Å²) in [7, 11) is 1.64. The van der Waals surface area contributed by atoms with Crippen LogP contribution in [-0.2, 0) is 11.3 Å². The highest BCUT2D eigenvalue weighted by atomic mass is 32.1. The summed E-state index contributed by atoms with van der Waals surface area (Å²) in [6.07, 6.45) is 2.09. The molecule has 1 aliphatic heterocycles. The second-order valence-electron chi connectivity index (χ2n) is 6.35. The zero-order valence-electron chi connectivity index (χ0n) is 14.1. The quantitative estimate of drug-likeness (QED) is 0.784. The van der Waals surface area contributed by atoms with Crippen molar-refractivity contribution in [2.75, 3.05) is 7.11 Å². The standard InChI is InChI=1S/C18H22N2O3S/c1-12(2)10-15-16(17-19-8-9-24-17)23-18(21)20(15)11-13-4-6-14(22-3)7-5-13/h4-9,12,15-16H,10-11H2,1-3H3/t15-,16-/m0/s1. The van der Waals surface area contributed by atoms with Gasteiger partial charge < -0.3 is 9.47 Å². The molecule has 5 nitrogen and oxygen atoms in total. The van der Waals surface area contributed by atoms with Gasteiger partial charge in [-0.3, -0.25) is 4.90 Å². The molecule has 0 radical (unpaired) electrons. The third-order valence-corrected chi connectivity index (χ3v) is 4.97. The molecule has 128 valence electrons. The molecular weight excluding hydrogens is 324 g/mol. The summed E-state index contributed by atoms with van der Waals surface area (Å²) in [6, 6.07) is 7.79. The van der Waals surface area contributed by atoms with Gasteiger partial charge in [0.15, 0.2) is 6.10 Å². The van der Waals surface area contributed by atoms with Crippen LogP contribution in [0.1, 0.15) is 36.9 Å². The summed E-state index contributed by atoms with van der Waals surface area (Å²) < 4.78 is 10.8. The number of ether oxygens (including phenoxy) is 2. The zero-order valence-corrected chi connectivity index (χ0v) is 15.0. The number of thiazole rings is 1. The number of rotatable bonds is 6. The molecule has 0 saturated carbocycles. The average Bonchev–Trinajstić information content (AvgIpc) is 3.18. The van der Waals surface area contributed by atoms with Crippen molar-refractivity contribution in [1.29, 1.82) is 0 Å². The van der Waals surface area contributed by atoms with Crippen molar-refractivity contribution in [2.45, 2.75) is 39.0 Å². The molecular formula is C18H22N2O3S. The monoisotopic (exact) mass is 346 g/mol. The topological polar surface area (TPSA) is 51.7 Å². The van der Waals surface area contributed by atoms with Gasteiger partial charge in [-0.15, -0.1) is 11.3 Å². The van der Waals surface area contributed by atoms with Crippen molar-refractivity contribution in [3.05, 3.63) is 46.4 Å². The van der Waals surface area contributed by atoms with Crippen molar-refractivity contribution in [1.82, 2.24) is 9.88 Å². The van der Waals surface area contributed by atoms with Gasteiger partial charge in [0, 0.05) is 18.1 Å². The van der Waals surface area contributed by atoms with Gasteiger partial charge in [0.05, 0.1) is 13.2 Å². The van der Waals surface area contributed by atoms with E-state index in [2.05, 4.69) is 18.8 Å². The van der Waals surface area contributed by atoms with E-state index in [0.717, 1.165) is 22.7 Å². The second-order valence-corrected chi connectivity index (χ2v) is 7.27. The third-order valence-electron chi connectivity index (χ3n) is 4.13. The maximum atomic E-state index is 12.5. The number of carbonyl (C=O) groups is 1. The van der Waals surface area contributed by atoms with E-state index in [0.29, 0.717) is 12.5 Å². The lowest BCUT2D eigenvalue weighted by Crippen LogP contribution is -2.34. The normalized spacial score (nSPS) is 20.5. The number of hydrogen-bond acceptors (Lipinski definition) is 5. The van der Waals surface area contributed by atoms with Gasteiger partial charge in [0.2, 0.25) is 0 Å². The number of amides is 1. The number of nitrogens with zero attached hydrogens (tertiary/aromatic N) is 2. The van der Waals surface area contributed by atoms with Crippen molar-refractivity contribution in [3.8, 4) is 5.75 Å². The highest BCUT2D eigenvalue weighted by Gasteiger charge is 2.43. The minimum Gasteiger partial charge on any atom is -0.497 e. The Kier molecular flexibility index (Phi) is 5.04. The lowest BCUT2D eigenvalue weighted by Gasteiger charge is -2.25. The minimum atomic E-state index is -0.279. The van der Waals surface area contributed by atoms with E-state index in [-0.39, 0.29) is 18.2 Å². The highest BCUT2D eigenvalue weighted by Crippen LogP contribution is 2.37. The van der Waals surface area contributed by atoms with Gasteiger partial charge in [-0.25, -0.2) is 9.78 Å². The van der Waals surface area contributed by atoms with E-state index >= 15 is 0 Å². The van der Waals surface area contributed by atoms with Crippen LogP contribution in [0.4, 0.5) is 4.79 Å². The van der Waals surface area contributed by atoms with Gasteiger partial charge in [-0.1, -0.05) is 26.0 Å². The van der Waals surface area contributed by atoms with E-state index in [1.807, 2.05) is 34.5 Å². The molecule has 0 bridgehead atoms. The molecule has 3 rings (SSSR count). The maximum Gasteiger partial charge on any atom is 0.411 e. The molecule has 2 aromatic rings. The molecule has 0 aliphatic carbocycles. The zero-order chi connectivity index (χ0) is 17.1. The molecule has 0 spiro atoms. The average molecular weight is 346 g/mol. The van der Waals surface area contributed by atoms with Gasteiger partial charge in [0.1, 0.15) is 10.8 Å². The van der Waals surface area contributed by atoms with E-state index < -0.39 is 0 Å². The molecule has 1 aliphatic rings. The summed E-state index contributed by atoms with van der Waals surface area (Å²) >= 11 is 1.53. The highest BCUT2D eigenvalue weighted by molar-refractivity contribution is 7.09.